The highest BCUT2D eigenvalue weighted by atomic mass is 16.3. The number of amides is 1. The summed E-state index contributed by atoms with van der Waals surface area (Å²) in [6.07, 6.45) is 2.84. The Morgan fingerprint density at radius 2 is 2.07 bits per heavy atom. The number of aliphatic hydroxyl groups is 1. The largest absolute Gasteiger partial charge is 0.396 e. The minimum atomic E-state index is 0.0478. The lowest BCUT2D eigenvalue weighted by Gasteiger charge is -2.12. The summed E-state index contributed by atoms with van der Waals surface area (Å²) < 4.78 is 0. The number of hydrogen-bond donors (Lipinski definition) is 3. The van der Waals surface area contributed by atoms with Gasteiger partial charge in [0.25, 0.3) is 0 Å². The topological polar surface area (TPSA) is 75.4 Å². The molecule has 2 unspecified atom stereocenters. The predicted octanol–water partition coefficient (Wildman–Crippen LogP) is 0.391. The van der Waals surface area contributed by atoms with Crippen LogP contribution in [0.1, 0.15) is 39.5 Å². The first kappa shape index (κ1) is 13.4. The third-order valence-electron chi connectivity index (χ3n) is 2.03. The van der Waals surface area contributed by atoms with Crippen LogP contribution >= 0.6 is 0 Å². The van der Waals surface area contributed by atoms with Gasteiger partial charge in [-0.2, -0.15) is 0 Å². The van der Waals surface area contributed by atoms with Crippen molar-refractivity contribution in [3.8, 4) is 0 Å². The molecule has 0 saturated carbocycles. The van der Waals surface area contributed by atoms with Crippen LogP contribution in [0.15, 0.2) is 0 Å². The van der Waals surface area contributed by atoms with Gasteiger partial charge in [-0.25, -0.2) is 0 Å². The van der Waals surface area contributed by atoms with Crippen molar-refractivity contribution in [3.63, 3.8) is 0 Å². The van der Waals surface area contributed by atoms with Gasteiger partial charge in [-0.3, -0.25) is 4.79 Å². The first-order chi connectivity index (χ1) is 6.56. The molecule has 4 N–H and O–H groups in total. The summed E-state index contributed by atoms with van der Waals surface area (Å²) in [6, 6.07) is 0.223. The Hall–Kier alpha value is -0.610. The Morgan fingerprint density at radius 3 is 2.57 bits per heavy atom. The summed E-state index contributed by atoms with van der Waals surface area (Å²) in [7, 11) is 0. The molecular weight excluding hydrogens is 180 g/mol. The molecule has 0 heterocycles. The number of nitrogens with one attached hydrogen (secondary N) is 1. The summed E-state index contributed by atoms with van der Waals surface area (Å²) in [5, 5.41) is 11.4. The molecule has 0 saturated heterocycles. The molecule has 0 aliphatic heterocycles. The van der Waals surface area contributed by atoms with E-state index < -0.39 is 0 Å². The number of hydrogen-bond acceptors (Lipinski definition) is 3. The van der Waals surface area contributed by atoms with Crippen LogP contribution in [0.4, 0.5) is 0 Å². The van der Waals surface area contributed by atoms with Crippen molar-refractivity contribution in [2.75, 3.05) is 6.61 Å². The van der Waals surface area contributed by atoms with Crippen molar-refractivity contribution in [3.05, 3.63) is 0 Å². The molecule has 0 rings (SSSR count). The van der Waals surface area contributed by atoms with E-state index in [9.17, 15) is 4.79 Å². The smallest absolute Gasteiger partial charge is 0.220 e. The van der Waals surface area contributed by atoms with E-state index >= 15 is 0 Å². The third kappa shape index (κ3) is 8.01. The van der Waals surface area contributed by atoms with Crippen LogP contribution in [-0.2, 0) is 4.79 Å². The average molecular weight is 202 g/mol. The summed E-state index contributed by atoms with van der Waals surface area (Å²) in [5.74, 6) is 0.0478. The van der Waals surface area contributed by atoms with Crippen molar-refractivity contribution in [1.82, 2.24) is 5.32 Å². The number of aliphatic hydroxyl groups excluding tert-OH is 1. The maximum absolute atomic E-state index is 11.3. The molecule has 0 bridgehead atoms. The van der Waals surface area contributed by atoms with Gasteiger partial charge in [0.05, 0.1) is 0 Å². The Balaban J connectivity index is 3.45. The lowest BCUT2D eigenvalue weighted by Crippen LogP contribution is -2.33. The van der Waals surface area contributed by atoms with Crippen LogP contribution in [0.3, 0.4) is 0 Å². The molecule has 0 aromatic rings. The SMILES string of the molecule is CC(N)CCCC(=O)NC(C)CCO. The zero-order valence-corrected chi connectivity index (χ0v) is 9.12. The molecular formula is C10H22N2O2. The molecule has 14 heavy (non-hydrogen) atoms. The fourth-order valence-electron chi connectivity index (χ4n) is 1.20. The Bertz CT molecular complexity index is 160. The molecule has 0 spiro atoms. The molecule has 0 radical (unpaired) electrons. The minimum Gasteiger partial charge on any atom is -0.396 e. The standard InChI is InChI=1S/C10H22N2O2/c1-8(11)4-3-5-10(14)12-9(2)6-7-13/h8-9,13H,3-7,11H2,1-2H3,(H,12,14). The highest BCUT2D eigenvalue weighted by molar-refractivity contribution is 5.76. The van der Waals surface area contributed by atoms with Gasteiger partial charge in [-0.15, -0.1) is 0 Å². The van der Waals surface area contributed by atoms with Gasteiger partial charge in [-0.05, 0) is 33.1 Å². The fraction of sp³-hybridized carbons (Fsp3) is 0.900. The second kappa shape index (κ2) is 7.76. The minimum absolute atomic E-state index is 0.0478. The van der Waals surface area contributed by atoms with Crippen molar-refractivity contribution < 1.29 is 9.90 Å². The lowest BCUT2D eigenvalue weighted by molar-refractivity contribution is -0.121. The van der Waals surface area contributed by atoms with Crippen molar-refractivity contribution >= 4 is 5.91 Å². The van der Waals surface area contributed by atoms with Crippen LogP contribution in [0, 0.1) is 0 Å². The van der Waals surface area contributed by atoms with Crippen LogP contribution in [0.2, 0.25) is 0 Å². The van der Waals surface area contributed by atoms with E-state index in [-0.39, 0.29) is 24.6 Å². The summed E-state index contributed by atoms with van der Waals surface area (Å²) >= 11 is 0. The molecule has 4 nitrogen and oxygen atoms in total. The van der Waals surface area contributed by atoms with Crippen LogP contribution in [0.25, 0.3) is 0 Å². The van der Waals surface area contributed by atoms with E-state index in [2.05, 4.69) is 5.32 Å². The van der Waals surface area contributed by atoms with Crippen molar-refractivity contribution in [1.29, 1.82) is 0 Å². The van der Waals surface area contributed by atoms with E-state index in [0.717, 1.165) is 12.8 Å². The Labute approximate surface area is 85.9 Å². The fourth-order valence-corrected chi connectivity index (χ4v) is 1.20. The first-order valence-electron chi connectivity index (χ1n) is 5.22. The molecule has 4 heteroatoms. The molecule has 0 aliphatic rings. The van der Waals surface area contributed by atoms with Gasteiger partial charge in [0.1, 0.15) is 0 Å². The van der Waals surface area contributed by atoms with Crippen LogP contribution in [-0.4, -0.2) is 29.7 Å². The first-order valence-corrected chi connectivity index (χ1v) is 5.22. The summed E-state index contributed by atoms with van der Waals surface area (Å²) in [5.41, 5.74) is 5.56. The molecule has 0 fully saturated rings. The average Bonchev–Trinajstić information content (AvgIpc) is 2.03. The second-order valence-electron chi connectivity index (χ2n) is 3.85. The zero-order valence-electron chi connectivity index (χ0n) is 9.12. The number of nitrogens with two attached hydrogens (primary N) is 1. The van der Waals surface area contributed by atoms with Gasteiger partial charge in [0.2, 0.25) is 5.91 Å². The number of carbonyl (C=O) groups excluding carboxylic acids is 1. The quantitative estimate of drug-likeness (QED) is 0.559. The van der Waals surface area contributed by atoms with Gasteiger partial charge >= 0.3 is 0 Å². The molecule has 84 valence electrons. The van der Waals surface area contributed by atoms with Crippen molar-refractivity contribution in [2.45, 2.75) is 51.6 Å². The summed E-state index contributed by atoms with van der Waals surface area (Å²) in [6.45, 7) is 3.94. The van der Waals surface area contributed by atoms with Crippen molar-refractivity contribution in [2.24, 2.45) is 5.73 Å². The number of rotatable bonds is 7. The lowest BCUT2D eigenvalue weighted by atomic mass is 10.1. The van der Waals surface area contributed by atoms with Gasteiger partial charge in [-0.1, -0.05) is 0 Å². The molecule has 0 aliphatic carbocycles. The maximum Gasteiger partial charge on any atom is 0.220 e. The predicted molar refractivity (Wildman–Crippen MR) is 56.8 cm³/mol. The van der Waals surface area contributed by atoms with E-state index in [4.69, 9.17) is 10.8 Å². The third-order valence-corrected chi connectivity index (χ3v) is 2.03. The van der Waals surface area contributed by atoms with E-state index in [0.29, 0.717) is 12.8 Å². The highest BCUT2D eigenvalue weighted by Crippen LogP contribution is 1.99. The molecule has 0 aromatic carbocycles. The van der Waals surface area contributed by atoms with Crippen LogP contribution < -0.4 is 11.1 Å². The second-order valence-corrected chi connectivity index (χ2v) is 3.85. The van der Waals surface area contributed by atoms with Crippen LogP contribution in [0.5, 0.6) is 0 Å². The zero-order chi connectivity index (χ0) is 11.0. The monoisotopic (exact) mass is 202 g/mol. The maximum atomic E-state index is 11.3. The van der Waals surface area contributed by atoms with E-state index in [1.54, 1.807) is 0 Å². The highest BCUT2D eigenvalue weighted by Gasteiger charge is 2.06. The molecule has 1 amide bonds. The van der Waals surface area contributed by atoms with E-state index in [1.807, 2.05) is 13.8 Å². The Morgan fingerprint density at radius 1 is 1.43 bits per heavy atom. The van der Waals surface area contributed by atoms with Gasteiger partial charge < -0.3 is 16.2 Å². The van der Waals surface area contributed by atoms with Gasteiger partial charge in [0, 0.05) is 25.1 Å². The molecule has 2 atom stereocenters. The normalized spacial score (nSPS) is 14.9. The molecule has 0 aromatic heterocycles. The van der Waals surface area contributed by atoms with Gasteiger partial charge in [0.15, 0.2) is 0 Å². The Kier molecular flexibility index (Phi) is 7.42. The number of carbonyl (C=O) groups is 1. The summed E-state index contributed by atoms with van der Waals surface area (Å²) in [4.78, 5) is 11.3. The van der Waals surface area contributed by atoms with E-state index in [1.165, 1.54) is 0 Å².